The monoisotopic (exact) mass is 1400 g/mol. The number of rotatable bonds is 46. The maximum absolute atomic E-state index is 14.2. The molecule has 2 unspecified atom stereocenters. The standard InChI is InChI=1S/C73H94N8O20/c1-47(2)69(79-66(83)16-21-92-23-25-94-27-29-96-31-33-98-35-36-99-34-32-97-30-28-95-26-24-93-22-17-74-65(82)15-18-80-67(84)13-14-68(80)85)72(88)77-48(3)71(87)78-54-11-9-49(10-12-54)51-37-52-44-75-59-42-63(61(90-4)40-57(59)70(86)56(52)39-51)100-19-6-20-101-64-43-60-58(41-62(64)91-5)73(89)81-46-53(50-7-8-50)38-55(81)45-76-60/h9-14,39-48,50,52,55-56,69H,6-8,15-38H2,1-5H3,(H,74,82)(H,77,88)(H,78,87)(H,79,83)/t48-,52-,55-,56?,69?/m0/s1. The lowest BCUT2D eigenvalue weighted by atomic mass is 9.89. The van der Waals surface area contributed by atoms with Gasteiger partial charge in [0.2, 0.25) is 23.6 Å². The third-order valence-electron chi connectivity index (χ3n) is 17.3. The van der Waals surface area contributed by atoms with E-state index < -0.39 is 41.6 Å². The molecule has 0 bridgehead atoms. The fraction of sp³-hybridized carbons (Fsp3) is 0.534. The number of ether oxygens (including phenoxy) is 12. The van der Waals surface area contributed by atoms with E-state index in [-0.39, 0.29) is 87.2 Å². The largest absolute Gasteiger partial charge is 0.493 e. The number of aliphatic imine (C=N–C) groups is 2. The van der Waals surface area contributed by atoms with Crippen LogP contribution in [0, 0.1) is 23.7 Å². The zero-order valence-corrected chi connectivity index (χ0v) is 58.2. The Bertz CT molecular complexity index is 3500. The van der Waals surface area contributed by atoms with Gasteiger partial charge in [-0.05, 0) is 85.4 Å². The van der Waals surface area contributed by atoms with Gasteiger partial charge in [0, 0.05) is 98.4 Å². The molecule has 1 saturated carbocycles. The van der Waals surface area contributed by atoms with E-state index in [0.717, 1.165) is 22.5 Å². The minimum Gasteiger partial charge on any atom is -0.493 e. The van der Waals surface area contributed by atoms with Crippen LogP contribution in [0.15, 0.2) is 88.5 Å². The van der Waals surface area contributed by atoms with Crippen LogP contribution in [-0.4, -0.2) is 234 Å². The van der Waals surface area contributed by atoms with Gasteiger partial charge < -0.3 is 83.0 Å². The molecule has 1 fully saturated rings. The number of benzene rings is 3. The van der Waals surface area contributed by atoms with Crippen molar-refractivity contribution >= 4 is 82.2 Å². The van der Waals surface area contributed by atoms with E-state index in [9.17, 15) is 38.4 Å². The Morgan fingerprint density at radius 3 is 1.66 bits per heavy atom. The summed E-state index contributed by atoms with van der Waals surface area (Å²) in [6.07, 6.45) is 14.3. The number of imide groups is 1. The topological polar surface area (TPSA) is 327 Å². The smallest absolute Gasteiger partial charge is 0.260 e. The van der Waals surface area contributed by atoms with Gasteiger partial charge in [0.25, 0.3) is 17.7 Å². The molecule has 4 heterocycles. The number of carbonyl (C=O) groups excluding carboxylic acids is 8. The van der Waals surface area contributed by atoms with E-state index in [1.165, 1.54) is 37.7 Å². The van der Waals surface area contributed by atoms with Crippen LogP contribution >= 0.6 is 0 Å². The molecular weight excluding hydrogens is 1310 g/mol. The highest BCUT2D eigenvalue weighted by Gasteiger charge is 2.39. The molecule has 0 aromatic heterocycles. The average Bonchev–Trinajstić information content (AvgIpc) is 1.65. The Kier molecular flexibility index (Phi) is 29.9. The zero-order chi connectivity index (χ0) is 71.5. The second kappa shape index (κ2) is 39.5. The average molecular weight is 1400 g/mol. The van der Waals surface area contributed by atoms with Gasteiger partial charge in [0.1, 0.15) is 12.1 Å². The van der Waals surface area contributed by atoms with Crippen LogP contribution in [0.2, 0.25) is 0 Å². The van der Waals surface area contributed by atoms with Crippen molar-refractivity contribution in [3.8, 4) is 23.0 Å². The number of ketones is 1. The van der Waals surface area contributed by atoms with Gasteiger partial charge in [0.05, 0.1) is 156 Å². The molecule has 546 valence electrons. The first-order chi connectivity index (χ1) is 49.1. The molecule has 2 aliphatic carbocycles. The van der Waals surface area contributed by atoms with Crippen LogP contribution in [0.5, 0.6) is 23.0 Å². The summed E-state index contributed by atoms with van der Waals surface area (Å²) >= 11 is 0. The van der Waals surface area contributed by atoms with Crippen molar-refractivity contribution in [2.45, 2.75) is 83.8 Å². The summed E-state index contributed by atoms with van der Waals surface area (Å²) in [5.41, 5.74) is 5.59. The Labute approximate surface area is 588 Å². The summed E-state index contributed by atoms with van der Waals surface area (Å²) < 4.78 is 67.8. The van der Waals surface area contributed by atoms with Crippen molar-refractivity contribution in [1.82, 2.24) is 25.8 Å². The van der Waals surface area contributed by atoms with Crippen LogP contribution in [-0.2, 0) is 66.7 Å². The predicted octanol–water partition coefficient (Wildman–Crippen LogP) is 5.93. The van der Waals surface area contributed by atoms with Crippen LogP contribution in [0.1, 0.15) is 92.0 Å². The first kappa shape index (κ1) is 76.4. The van der Waals surface area contributed by atoms with Crippen LogP contribution in [0.25, 0.3) is 5.57 Å². The molecule has 101 heavy (non-hydrogen) atoms. The lowest BCUT2D eigenvalue weighted by molar-refractivity contribution is -0.137. The number of hydrogen-bond acceptors (Lipinski definition) is 22. The second-order valence-corrected chi connectivity index (χ2v) is 25.1. The van der Waals surface area contributed by atoms with Crippen LogP contribution < -0.4 is 40.2 Å². The SMILES string of the molecule is COc1cc2c(cc1OCCCOc1cc3c(cc1OC)C(=O)N1C=C(C4CC4)C[C@H]1C=N3)N=C[C@@H]1CC(c3ccc(NC(=O)[C@H](C)NC(=O)C(NC(=O)CCOCCOCCOCCOCCOCCOCCOCCOCCNC(=O)CCN4C(=O)C=CC4=O)C(C)C)cc3)=CC1C2=O. The van der Waals surface area contributed by atoms with Gasteiger partial charge >= 0.3 is 0 Å². The Hall–Kier alpha value is -8.74. The number of nitrogens with zero attached hydrogens (tertiary/aromatic N) is 4. The molecular formula is C73H94N8O20. The van der Waals surface area contributed by atoms with Crippen molar-refractivity contribution < 1.29 is 95.2 Å². The van der Waals surface area contributed by atoms with E-state index in [4.69, 9.17) is 66.8 Å². The molecule has 28 nitrogen and oxygen atoms in total. The molecule has 28 heteroatoms. The summed E-state index contributed by atoms with van der Waals surface area (Å²) in [4.78, 5) is 115. The summed E-state index contributed by atoms with van der Waals surface area (Å²) in [6, 6.07) is 12.2. The summed E-state index contributed by atoms with van der Waals surface area (Å²) in [5, 5.41) is 11.0. The van der Waals surface area contributed by atoms with Crippen molar-refractivity contribution in [3.63, 3.8) is 0 Å². The number of nitrogens with one attached hydrogen (secondary N) is 4. The molecule has 0 radical (unpaired) electrons. The van der Waals surface area contributed by atoms with Crippen LogP contribution in [0.3, 0.4) is 0 Å². The summed E-state index contributed by atoms with van der Waals surface area (Å²) in [7, 11) is 3.06. The van der Waals surface area contributed by atoms with Gasteiger partial charge in [-0.15, -0.1) is 0 Å². The number of allylic oxidation sites excluding steroid dienone is 2. The number of amides is 7. The van der Waals surface area contributed by atoms with Gasteiger partial charge in [-0.1, -0.05) is 32.1 Å². The minimum absolute atomic E-state index is 0.0174. The number of Topliss-reactive ketones (excluding diaryl/α,β-unsaturated/α-hetero) is 1. The molecule has 5 atom stereocenters. The lowest BCUT2D eigenvalue weighted by Gasteiger charge is -2.24. The Balaban J connectivity index is 0.570. The number of hydrogen-bond donors (Lipinski definition) is 4. The van der Waals surface area contributed by atoms with E-state index in [0.29, 0.717) is 169 Å². The van der Waals surface area contributed by atoms with E-state index >= 15 is 0 Å². The molecule has 0 spiro atoms. The summed E-state index contributed by atoms with van der Waals surface area (Å²) in [5.74, 6) is -1.23. The fourth-order valence-corrected chi connectivity index (χ4v) is 11.6. The summed E-state index contributed by atoms with van der Waals surface area (Å²) in [6.45, 7) is 11.7. The lowest BCUT2D eigenvalue weighted by Crippen LogP contribution is -2.53. The quantitative estimate of drug-likeness (QED) is 0.0376. The van der Waals surface area contributed by atoms with Gasteiger partial charge in [0.15, 0.2) is 28.8 Å². The highest BCUT2D eigenvalue weighted by Crippen LogP contribution is 2.46. The highest BCUT2D eigenvalue weighted by molar-refractivity contribution is 6.13. The minimum atomic E-state index is -0.932. The fourth-order valence-electron chi connectivity index (χ4n) is 11.6. The van der Waals surface area contributed by atoms with Crippen molar-refractivity contribution in [2.75, 3.05) is 152 Å². The van der Waals surface area contributed by atoms with E-state index in [1.54, 1.807) is 69.2 Å². The van der Waals surface area contributed by atoms with Gasteiger partial charge in [-0.3, -0.25) is 53.2 Å². The number of fused-ring (bicyclic) bond motifs is 4. The molecule has 4 aliphatic heterocycles. The zero-order valence-electron chi connectivity index (χ0n) is 58.2. The molecule has 4 N–H and O–H groups in total. The Morgan fingerprint density at radius 1 is 0.574 bits per heavy atom. The predicted molar refractivity (Wildman–Crippen MR) is 371 cm³/mol. The maximum atomic E-state index is 14.2. The number of carbonyl (C=O) groups is 8. The van der Waals surface area contributed by atoms with Crippen molar-refractivity contribution in [1.29, 1.82) is 0 Å². The maximum Gasteiger partial charge on any atom is 0.260 e. The molecule has 3 aromatic rings. The molecule has 7 amide bonds. The van der Waals surface area contributed by atoms with E-state index in [2.05, 4.69) is 21.3 Å². The molecule has 6 aliphatic rings. The highest BCUT2D eigenvalue weighted by atomic mass is 16.6. The van der Waals surface area contributed by atoms with Crippen molar-refractivity contribution in [2.24, 2.45) is 33.7 Å². The second-order valence-electron chi connectivity index (χ2n) is 25.1. The van der Waals surface area contributed by atoms with E-state index in [1.807, 2.05) is 36.8 Å². The molecule has 9 rings (SSSR count). The first-order valence-corrected chi connectivity index (χ1v) is 34.6. The molecule has 3 aromatic carbocycles. The molecule has 0 saturated heterocycles. The third-order valence-corrected chi connectivity index (χ3v) is 17.3. The van der Waals surface area contributed by atoms with Crippen molar-refractivity contribution in [3.05, 3.63) is 95.2 Å². The van der Waals surface area contributed by atoms with Crippen LogP contribution in [0.4, 0.5) is 17.1 Å². The number of anilines is 1. The third kappa shape index (κ3) is 22.9. The van der Waals surface area contributed by atoms with Gasteiger partial charge in [-0.25, -0.2) is 0 Å². The Morgan fingerprint density at radius 2 is 1.11 bits per heavy atom. The van der Waals surface area contributed by atoms with Gasteiger partial charge in [-0.2, -0.15) is 0 Å². The first-order valence-electron chi connectivity index (χ1n) is 34.6. The number of methoxy groups -OCH3 is 2. The normalized spacial score (nSPS) is 17.9.